The molecule has 1 atom stereocenters. The van der Waals surface area contributed by atoms with E-state index in [2.05, 4.69) is 5.32 Å². The zero-order valence-electron chi connectivity index (χ0n) is 18.0. The van der Waals surface area contributed by atoms with Crippen molar-refractivity contribution in [2.24, 2.45) is 0 Å². The number of ether oxygens (including phenoxy) is 3. The van der Waals surface area contributed by atoms with E-state index < -0.39 is 22.0 Å². The number of hydrogen-bond acceptors (Lipinski definition) is 6. The van der Waals surface area contributed by atoms with Gasteiger partial charge in [0.25, 0.3) is 15.9 Å². The van der Waals surface area contributed by atoms with Gasteiger partial charge in [-0.1, -0.05) is 36.4 Å². The minimum Gasteiger partial charge on any atom is -0.497 e. The molecule has 1 aliphatic rings. The molecule has 1 amide bonds. The number of amides is 1. The first-order valence-corrected chi connectivity index (χ1v) is 11.8. The molecule has 1 aliphatic heterocycles. The molecule has 0 bridgehead atoms. The fraction of sp³-hybridized carbons (Fsp3) is 0.208. The van der Waals surface area contributed by atoms with Crippen molar-refractivity contribution in [2.45, 2.75) is 11.0 Å². The van der Waals surface area contributed by atoms with Crippen LogP contribution in [0.3, 0.4) is 0 Å². The maximum atomic E-state index is 13.3. The Balaban J connectivity index is 1.43. The molecule has 0 aliphatic carbocycles. The molecular formula is C24H24N2O6S. The van der Waals surface area contributed by atoms with E-state index in [0.29, 0.717) is 22.9 Å². The smallest absolute Gasteiger partial charge is 0.264 e. The van der Waals surface area contributed by atoms with Crippen molar-refractivity contribution in [3.05, 3.63) is 78.9 Å². The summed E-state index contributed by atoms with van der Waals surface area (Å²) in [5.41, 5.74) is 0.395. The normalized spacial score (nSPS) is 15.2. The first-order chi connectivity index (χ1) is 16.0. The lowest BCUT2D eigenvalue weighted by Gasteiger charge is -2.34. The summed E-state index contributed by atoms with van der Waals surface area (Å²) in [6, 6.07) is 22.0. The van der Waals surface area contributed by atoms with E-state index in [-0.39, 0.29) is 24.6 Å². The Kier molecular flexibility index (Phi) is 6.69. The molecule has 33 heavy (non-hydrogen) atoms. The number of para-hydroxylation sites is 2. The third-order valence-electron chi connectivity index (χ3n) is 5.07. The van der Waals surface area contributed by atoms with E-state index in [9.17, 15) is 13.2 Å². The highest BCUT2D eigenvalue weighted by molar-refractivity contribution is 7.92. The van der Waals surface area contributed by atoms with E-state index in [1.54, 1.807) is 61.7 Å². The molecule has 9 heteroatoms. The third kappa shape index (κ3) is 5.04. The second-order valence-corrected chi connectivity index (χ2v) is 9.10. The van der Waals surface area contributed by atoms with Gasteiger partial charge in [0.1, 0.15) is 23.9 Å². The molecule has 172 valence electrons. The van der Waals surface area contributed by atoms with Gasteiger partial charge in [-0.3, -0.25) is 9.10 Å². The molecule has 1 unspecified atom stereocenters. The number of methoxy groups -OCH3 is 1. The standard InChI is InChI=1S/C24H24N2O6S/c1-30-18-8-7-9-19(16-18)31-15-14-25-24(27)23-17-26(21-12-5-6-13-22(21)32-23)33(28,29)20-10-3-2-4-11-20/h2-13,16,23H,14-15,17H2,1H3,(H,25,27). The van der Waals surface area contributed by atoms with Crippen LogP contribution in [0.5, 0.6) is 17.2 Å². The number of carbonyl (C=O) groups is 1. The molecule has 3 aromatic carbocycles. The van der Waals surface area contributed by atoms with Crippen LogP contribution in [-0.2, 0) is 14.8 Å². The summed E-state index contributed by atoms with van der Waals surface area (Å²) in [4.78, 5) is 12.9. The Morgan fingerprint density at radius 3 is 2.55 bits per heavy atom. The Hall–Kier alpha value is -3.72. The van der Waals surface area contributed by atoms with Crippen LogP contribution < -0.4 is 23.8 Å². The Morgan fingerprint density at radius 2 is 1.76 bits per heavy atom. The minimum absolute atomic E-state index is 0.142. The first kappa shape index (κ1) is 22.5. The number of nitrogens with zero attached hydrogens (tertiary/aromatic N) is 1. The monoisotopic (exact) mass is 468 g/mol. The van der Waals surface area contributed by atoms with E-state index in [0.717, 1.165) is 0 Å². The van der Waals surface area contributed by atoms with Crippen molar-refractivity contribution in [1.82, 2.24) is 5.32 Å². The molecule has 0 spiro atoms. The summed E-state index contributed by atoms with van der Waals surface area (Å²) in [6.07, 6.45) is -1.00. The van der Waals surface area contributed by atoms with Gasteiger partial charge in [0, 0.05) is 6.07 Å². The number of fused-ring (bicyclic) bond motifs is 1. The lowest BCUT2D eigenvalue weighted by molar-refractivity contribution is -0.127. The van der Waals surface area contributed by atoms with Crippen LogP contribution in [-0.4, -0.2) is 47.2 Å². The molecule has 0 fully saturated rings. The predicted octanol–water partition coefficient (Wildman–Crippen LogP) is 2.85. The number of nitrogens with one attached hydrogen (secondary N) is 1. The molecule has 0 saturated heterocycles. The maximum absolute atomic E-state index is 13.3. The number of carbonyl (C=O) groups excluding carboxylic acids is 1. The summed E-state index contributed by atoms with van der Waals surface area (Å²) in [7, 11) is -2.30. The Labute approximate surface area is 192 Å². The van der Waals surface area contributed by atoms with Gasteiger partial charge in [-0.15, -0.1) is 0 Å². The average molecular weight is 469 g/mol. The fourth-order valence-electron chi connectivity index (χ4n) is 3.43. The van der Waals surface area contributed by atoms with Crippen molar-refractivity contribution in [3.8, 4) is 17.2 Å². The quantitative estimate of drug-likeness (QED) is 0.511. The van der Waals surface area contributed by atoms with Gasteiger partial charge < -0.3 is 19.5 Å². The number of benzene rings is 3. The number of anilines is 1. The lowest BCUT2D eigenvalue weighted by atomic mass is 10.2. The number of rotatable bonds is 8. The van der Waals surface area contributed by atoms with Gasteiger partial charge in [0.15, 0.2) is 6.10 Å². The molecule has 1 N–H and O–H groups in total. The van der Waals surface area contributed by atoms with Crippen LogP contribution in [0.4, 0.5) is 5.69 Å². The predicted molar refractivity (Wildman–Crippen MR) is 123 cm³/mol. The van der Waals surface area contributed by atoms with Crippen molar-refractivity contribution in [2.75, 3.05) is 31.1 Å². The topological polar surface area (TPSA) is 94.2 Å². The van der Waals surface area contributed by atoms with Crippen molar-refractivity contribution in [3.63, 3.8) is 0 Å². The molecule has 8 nitrogen and oxygen atoms in total. The highest BCUT2D eigenvalue weighted by Gasteiger charge is 2.37. The van der Waals surface area contributed by atoms with Gasteiger partial charge >= 0.3 is 0 Å². The summed E-state index contributed by atoms with van der Waals surface area (Å²) < 4.78 is 44.4. The molecule has 3 aromatic rings. The molecule has 0 radical (unpaired) electrons. The van der Waals surface area contributed by atoms with Crippen LogP contribution in [0.2, 0.25) is 0 Å². The Morgan fingerprint density at radius 1 is 1.03 bits per heavy atom. The second-order valence-electron chi connectivity index (χ2n) is 7.24. The lowest BCUT2D eigenvalue weighted by Crippen LogP contribution is -2.51. The van der Waals surface area contributed by atoms with Gasteiger partial charge in [-0.25, -0.2) is 8.42 Å². The molecular weight excluding hydrogens is 444 g/mol. The summed E-state index contributed by atoms with van der Waals surface area (Å²) in [6.45, 7) is 0.314. The van der Waals surface area contributed by atoms with E-state index in [1.807, 2.05) is 12.1 Å². The zero-order chi connectivity index (χ0) is 23.3. The summed E-state index contributed by atoms with van der Waals surface area (Å²) in [5.74, 6) is 1.19. The maximum Gasteiger partial charge on any atom is 0.264 e. The van der Waals surface area contributed by atoms with Gasteiger partial charge in [-0.2, -0.15) is 0 Å². The molecule has 4 rings (SSSR count). The second kappa shape index (κ2) is 9.83. The van der Waals surface area contributed by atoms with Crippen LogP contribution in [0.25, 0.3) is 0 Å². The fourth-order valence-corrected chi connectivity index (χ4v) is 4.93. The zero-order valence-corrected chi connectivity index (χ0v) is 18.8. The number of sulfonamides is 1. The largest absolute Gasteiger partial charge is 0.497 e. The third-order valence-corrected chi connectivity index (χ3v) is 6.86. The van der Waals surface area contributed by atoms with E-state index in [1.165, 1.54) is 16.4 Å². The van der Waals surface area contributed by atoms with Crippen LogP contribution in [0, 0.1) is 0 Å². The SMILES string of the molecule is COc1cccc(OCCNC(=O)C2CN(S(=O)(=O)c3ccccc3)c3ccccc3O2)c1. The van der Waals surface area contributed by atoms with Crippen LogP contribution in [0.1, 0.15) is 0 Å². The van der Waals surface area contributed by atoms with Gasteiger partial charge in [0.05, 0.1) is 30.8 Å². The highest BCUT2D eigenvalue weighted by Crippen LogP contribution is 2.36. The minimum atomic E-state index is -3.87. The number of hydrogen-bond donors (Lipinski definition) is 1. The van der Waals surface area contributed by atoms with E-state index >= 15 is 0 Å². The molecule has 0 saturated carbocycles. The summed E-state index contributed by atoms with van der Waals surface area (Å²) in [5, 5.41) is 2.75. The first-order valence-electron chi connectivity index (χ1n) is 10.4. The average Bonchev–Trinajstić information content (AvgIpc) is 2.86. The summed E-state index contributed by atoms with van der Waals surface area (Å²) >= 11 is 0. The van der Waals surface area contributed by atoms with Gasteiger partial charge in [0.2, 0.25) is 0 Å². The van der Waals surface area contributed by atoms with E-state index in [4.69, 9.17) is 14.2 Å². The van der Waals surface area contributed by atoms with Crippen molar-refractivity contribution >= 4 is 21.6 Å². The van der Waals surface area contributed by atoms with Crippen molar-refractivity contribution < 1.29 is 27.4 Å². The molecule has 0 aromatic heterocycles. The van der Waals surface area contributed by atoms with Crippen LogP contribution >= 0.6 is 0 Å². The Bertz CT molecular complexity index is 1220. The van der Waals surface area contributed by atoms with Gasteiger partial charge in [-0.05, 0) is 36.4 Å². The van der Waals surface area contributed by atoms with Crippen LogP contribution in [0.15, 0.2) is 83.8 Å². The highest BCUT2D eigenvalue weighted by atomic mass is 32.2. The molecule has 1 heterocycles. The van der Waals surface area contributed by atoms with Crippen molar-refractivity contribution in [1.29, 1.82) is 0 Å².